The predicted molar refractivity (Wildman–Crippen MR) is 49.4 cm³/mol. The Morgan fingerprint density at radius 3 is 2.75 bits per heavy atom. The lowest BCUT2D eigenvalue weighted by molar-refractivity contribution is 0.0937. The van der Waals surface area contributed by atoms with Gasteiger partial charge < -0.3 is 5.11 Å². The normalized spacial score (nSPS) is 10.7. The van der Waals surface area contributed by atoms with Crippen molar-refractivity contribution in [3.05, 3.63) is 21.9 Å². The van der Waals surface area contributed by atoms with Gasteiger partial charge in [0.05, 0.1) is 6.61 Å². The molecule has 0 aliphatic rings. The highest BCUT2D eigenvalue weighted by atomic mass is 32.1. The van der Waals surface area contributed by atoms with E-state index < -0.39 is 0 Å². The number of aliphatic hydroxyl groups excluding tert-OH is 1. The number of thiophene rings is 1. The van der Waals surface area contributed by atoms with Gasteiger partial charge >= 0.3 is 0 Å². The largest absolute Gasteiger partial charge is 0.392 e. The molecule has 12 heavy (non-hydrogen) atoms. The number of hydrogen-bond donors (Lipinski definition) is 1. The second-order valence-electron chi connectivity index (χ2n) is 2.99. The van der Waals surface area contributed by atoms with Crippen molar-refractivity contribution in [2.24, 2.45) is 5.92 Å². The number of ketones is 1. The topological polar surface area (TPSA) is 37.3 Å². The highest BCUT2D eigenvalue weighted by Crippen LogP contribution is 2.18. The van der Waals surface area contributed by atoms with Crippen molar-refractivity contribution in [2.45, 2.75) is 20.5 Å². The maximum atomic E-state index is 11.5. The first-order chi connectivity index (χ1) is 5.66. The molecule has 0 amide bonds. The maximum Gasteiger partial charge on any atom is 0.166 e. The first kappa shape index (κ1) is 9.42. The molecule has 2 nitrogen and oxygen atoms in total. The lowest BCUT2D eigenvalue weighted by atomic mass is 10.0. The minimum atomic E-state index is -0.0444. The zero-order chi connectivity index (χ0) is 9.14. The minimum absolute atomic E-state index is 0.00454. The molecular formula is C9H12O2S. The third kappa shape index (κ3) is 1.73. The fraction of sp³-hybridized carbons (Fsp3) is 0.444. The van der Waals surface area contributed by atoms with E-state index in [1.165, 1.54) is 11.3 Å². The van der Waals surface area contributed by atoms with E-state index in [0.717, 1.165) is 5.56 Å². The van der Waals surface area contributed by atoms with Crippen molar-refractivity contribution in [1.82, 2.24) is 0 Å². The summed E-state index contributed by atoms with van der Waals surface area (Å²) in [6.07, 6.45) is 0. The number of hydrogen-bond acceptors (Lipinski definition) is 3. The van der Waals surface area contributed by atoms with Crippen LogP contribution in [0.1, 0.15) is 29.8 Å². The van der Waals surface area contributed by atoms with Crippen molar-refractivity contribution < 1.29 is 9.90 Å². The van der Waals surface area contributed by atoms with E-state index >= 15 is 0 Å². The zero-order valence-electron chi connectivity index (χ0n) is 7.20. The summed E-state index contributed by atoms with van der Waals surface area (Å²) in [5.41, 5.74) is 1.43. The summed E-state index contributed by atoms with van der Waals surface area (Å²) in [6, 6.07) is 0. The van der Waals surface area contributed by atoms with Gasteiger partial charge in [-0.05, 0) is 10.9 Å². The molecule has 1 heterocycles. The van der Waals surface area contributed by atoms with E-state index in [0.29, 0.717) is 5.56 Å². The summed E-state index contributed by atoms with van der Waals surface area (Å²) in [5, 5.41) is 12.5. The highest BCUT2D eigenvalue weighted by molar-refractivity contribution is 7.08. The molecule has 0 saturated carbocycles. The summed E-state index contributed by atoms with van der Waals surface area (Å²) in [7, 11) is 0. The number of rotatable bonds is 3. The highest BCUT2D eigenvalue weighted by Gasteiger charge is 2.14. The second kappa shape index (κ2) is 3.83. The van der Waals surface area contributed by atoms with E-state index in [-0.39, 0.29) is 18.3 Å². The van der Waals surface area contributed by atoms with Gasteiger partial charge in [-0.15, -0.1) is 0 Å². The van der Waals surface area contributed by atoms with Crippen molar-refractivity contribution in [3.63, 3.8) is 0 Å². The quantitative estimate of drug-likeness (QED) is 0.730. The second-order valence-corrected chi connectivity index (χ2v) is 3.73. The van der Waals surface area contributed by atoms with Crippen LogP contribution in [0, 0.1) is 5.92 Å². The first-order valence-corrected chi connectivity index (χ1v) is 4.81. The van der Waals surface area contributed by atoms with Crippen molar-refractivity contribution in [1.29, 1.82) is 0 Å². The van der Waals surface area contributed by atoms with Crippen molar-refractivity contribution in [3.8, 4) is 0 Å². The summed E-state index contributed by atoms with van der Waals surface area (Å²) in [5.74, 6) is 0.116. The van der Waals surface area contributed by atoms with E-state index in [4.69, 9.17) is 5.11 Å². The van der Waals surface area contributed by atoms with Gasteiger partial charge in [0.15, 0.2) is 5.78 Å². The van der Waals surface area contributed by atoms with Crippen LogP contribution in [-0.4, -0.2) is 10.9 Å². The molecule has 0 aliphatic heterocycles. The van der Waals surface area contributed by atoms with Gasteiger partial charge in [-0.3, -0.25) is 4.79 Å². The Morgan fingerprint density at radius 2 is 2.25 bits per heavy atom. The van der Waals surface area contributed by atoms with Gasteiger partial charge in [0.25, 0.3) is 0 Å². The third-order valence-corrected chi connectivity index (χ3v) is 2.49. The summed E-state index contributed by atoms with van der Waals surface area (Å²) >= 11 is 1.46. The van der Waals surface area contributed by atoms with Crippen LogP contribution in [0.15, 0.2) is 10.8 Å². The SMILES string of the molecule is CC(C)C(=O)c1cscc1CO. The summed E-state index contributed by atoms with van der Waals surface area (Å²) in [6.45, 7) is 3.68. The Labute approximate surface area is 75.9 Å². The van der Waals surface area contributed by atoms with Crippen LogP contribution in [-0.2, 0) is 6.61 Å². The molecule has 1 N–H and O–H groups in total. The molecule has 0 fully saturated rings. The molecule has 3 heteroatoms. The van der Waals surface area contributed by atoms with Crippen LogP contribution >= 0.6 is 11.3 Å². The molecule has 1 aromatic heterocycles. The van der Waals surface area contributed by atoms with Gasteiger partial charge in [-0.25, -0.2) is 0 Å². The Bertz CT molecular complexity index is 276. The number of aliphatic hydroxyl groups is 1. The third-order valence-electron chi connectivity index (χ3n) is 1.70. The van der Waals surface area contributed by atoms with E-state index in [1.807, 2.05) is 19.2 Å². The lowest BCUT2D eigenvalue weighted by Gasteiger charge is -2.02. The molecule has 1 rings (SSSR count). The van der Waals surface area contributed by atoms with Gasteiger partial charge in [-0.2, -0.15) is 11.3 Å². The molecule has 0 aliphatic carbocycles. The molecule has 0 radical (unpaired) electrons. The Hall–Kier alpha value is -0.670. The molecule has 0 aromatic carbocycles. The minimum Gasteiger partial charge on any atom is -0.392 e. The molecule has 0 unspecified atom stereocenters. The van der Waals surface area contributed by atoms with Crippen LogP contribution in [0.2, 0.25) is 0 Å². The van der Waals surface area contributed by atoms with Crippen molar-refractivity contribution >= 4 is 17.1 Å². The smallest absolute Gasteiger partial charge is 0.166 e. The molecule has 0 bridgehead atoms. The number of carbonyl (C=O) groups is 1. The average Bonchev–Trinajstić information content (AvgIpc) is 2.49. The molecule has 1 aromatic rings. The van der Waals surface area contributed by atoms with Crippen LogP contribution in [0.25, 0.3) is 0 Å². The Morgan fingerprint density at radius 1 is 1.58 bits per heavy atom. The van der Waals surface area contributed by atoms with Crippen LogP contribution in [0.3, 0.4) is 0 Å². The predicted octanol–water partition coefficient (Wildman–Crippen LogP) is 2.08. The molecule has 0 saturated heterocycles. The molecule has 0 spiro atoms. The number of Topliss-reactive ketones (excluding diaryl/α,β-unsaturated/α-hetero) is 1. The molecule has 0 atom stereocenters. The maximum absolute atomic E-state index is 11.5. The fourth-order valence-corrected chi connectivity index (χ4v) is 1.81. The van der Waals surface area contributed by atoms with Crippen LogP contribution < -0.4 is 0 Å². The van der Waals surface area contributed by atoms with Crippen LogP contribution in [0.5, 0.6) is 0 Å². The average molecular weight is 184 g/mol. The first-order valence-electron chi connectivity index (χ1n) is 3.87. The van der Waals surface area contributed by atoms with Gasteiger partial charge in [0.1, 0.15) is 0 Å². The van der Waals surface area contributed by atoms with E-state index in [9.17, 15) is 4.79 Å². The molecular weight excluding hydrogens is 172 g/mol. The van der Waals surface area contributed by atoms with E-state index in [2.05, 4.69) is 0 Å². The Balaban J connectivity index is 2.94. The van der Waals surface area contributed by atoms with Crippen molar-refractivity contribution in [2.75, 3.05) is 0 Å². The zero-order valence-corrected chi connectivity index (χ0v) is 8.02. The van der Waals surface area contributed by atoms with Gasteiger partial charge in [-0.1, -0.05) is 13.8 Å². The monoisotopic (exact) mass is 184 g/mol. The lowest BCUT2D eigenvalue weighted by Crippen LogP contribution is -2.08. The number of carbonyl (C=O) groups excluding carboxylic acids is 1. The fourth-order valence-electron chi connectivity index (χ4n) is 0.973. The van der Waals surface area contributed by atoms with E-state index in [1.54, 1.807) is 5.38 Å². The van der Waals surface area contributed by atoms with Gasteiger partial charge in [0.2, 0.25) is 0 Å². The molecule has 66 valence electrons. The van der Waals surface area contributed by atoms with Gasteiger partial charge in [0, 0.05) is 16.9 Å². The summed E-state index contributed by atoms with van der Waals surface area (Å²) in [4.78, 5) is 11.5. The van der Waals surface area contributed by atoms with Crippen LogP contribution in [0.4, 0.5) is 0 Å². The standard InChI is InChI=1S/C9H12O2S/c1-6(2)9(11)8-5-12-4-7(8)3-10/h4-6,10H,3H2,1-2H3. The summed E-state index contributed by atoms with van der Waals surface area (Å²) < 4.78 is 0. The Kier molecular flexibility index (Phi) is 3.00.